The second kappa shape index (κ2) is 20.1. The third-order valence-electron chi connectivity index (χ3n) is 10.6. The highest BCUT2D eigenvalue weighted by Gasteiger charge is 2.55. The topological polar surface area (TPSA) is 141 Å². The number of amides is 2. The first-order valence-electron chi connectivity index (χ1n) is 21.0. The van der Waals surface area contributed by atoms with Crippen LogP contribution in [0, 0.1) is 5.41 Å². The van der Waals surface area contributed by atoms with E-state index >= 15 is 0 Å². The number of methoxy groups -OCH3 is 1. The summed E-state index contributed by atoms with van der Waals surface area (Å²) in [6.07, 6.45) is 2.70. The molecule has 7 rings (SSSR count). The highest BCUT2D eigenvalue weighted by atomic mass is 32.2. The van der Waals surface area contributed by atoms with Crippen molar-refractivity contribution in [3.63, 3.8) is 0 Å². The molecule has 0 aliphatic carbocycles. The van der Waals surface area contributed by atoms with Crippen LogP contribution in [0.3, 0.4) is 0 Å². The van der Waals surface area contributed by atoms with E-state index < -0.39 is 43.8 Å². The summed E-state index contributed by atoms with van der Waals surface area (Å²) in [5, 5.41) is 12.4. The summed E-state index contributed by atoms with van der Waals surface area (Å²) in [5.41, 5.74) is 3.65. The molecule has 2 N–H and O–H groups in total. The van der Waals surface area contributed by atoms with Crippen LogP contribution >= 0.6 is 23.1 Å². The van der Waals surface area contributed by atoms with Crippen molar-refractivity contribution in [2.24, 2.45) is 10.6 Å². The minimum absolute atomic E-state index is 0.0229. The Labute approximate surface area is 384 Å². The fraction of sp³-hybridized carbons (Fsp3) is 0.286. The molecule has 4 aromatic carbocycles. The number of fused-ring (bicyclic) bond motifs is 1. The van der Waals surface area contributed by atoms with E-state index in [1.165, 1.54) is 35.1 Å². The molecule has 5 aromatic rings. The number of aromatic nitrogens is 1. The van der Waals surface area contributed by atoms with Gasteiger partial charge in [0.25, 0.3) is 11.8 Å². The van der Waals surface area contributed by atoms with Gasteiger partial charge in [0, 0.05) is 16.7 Å². The molecule has 15 heteroatoms. The van der Waals surface area contributed by atoms with Crippen LogP contribution in [0.4, 0.5) is 5.13 Å². The normalized spacial score (nSPS) is 16.8. The van der Waals surface area contributed by atoms with Crippen molar-refractivity contribution in [3.8, 4) is 5.75 Å². The Morgan fingerprint density at radius 2 is 1.48 bits per heavy atom. The molecule has 2 atom stereocenters. The molecule has 2 amide bonds. The van der Waals surface area contributed by atoms with Crippen molar-refractivity contribution < 1.29 is 33.1 Å². The summed E-state index contributed by atoms with van der Waals surface area (Å²) in [4.78, 5) is 54.2. The number of β-lactam (4-membered cyclic amide) rings is 1. The van der Waals surface area contributed by atoms with Gasteiger partial charge in [-0.15, -0.1) is 23.1 Å². The maximum Gasteiger partial charge on any atom is 0.355 e. The quantitative estimate of drug-likeness (QED) is 0.0177. The predicted molar refractivity (Wildman–Crippen MR) is 255 cm³/mol. The number of allylic oxidation sites excluding steroid dienone is 2. The van der Waals surface area contributed by atoms with Gasteiger partial charge in [-0.2, -0.15) is 0 Å². The first-order chi connectivity index (χ1) is 30.8. The Hall–Kier alpha value is -6.16. The lowest BCUT2D eigenvalue weighted by molar-refractivity contribution is -0.153. The average molecular weight is 916 g/mol. The van der Waals surface area contributed by atoms with Crippen LogP contribution in [0.25, 0.3) is 0 Å². The number of nitrogens with one attached hydrogen (secondary N) is 2. The lowest BCUT2D eigenvalue weighted by Gasteiger charge is -2.49. The number of carbonyl (C=O) groups excluding carboxylic acids is 3. The molecule has 0 saturated carbocycles. The average Bonchev–Trinajstić information content (AvgIpc) is 3.77. The van der Waals surface area contributed by atoms with Gasteiger partial charge in [0.2, 0.25) is 9.04 Å². The maximum atomic E-state index is 14.3. The molecular weight excluding hydrogens is 863 g/mol. The highest BCUT2D eigenvalue weighted by molar-refractivity contribution is 8.00. The van der Waals surface area contributed by atoms with Crippen LogP contribution in [0.5, 0.6) is 5.75 Å². The third kappa shape index (κ3) is 10.1. The molecule has 1 fully saturated rings. The molecule has 0 radical (unpaired) electrons. The molecular formula is C49H53N5O7S2Si. The fourth-order valence-electron chi connectivity index (χ4n) is 7.52. The van der Waals surface area contributed by atoms with Crippen LogP contribution in [0.15, 0.2) is 149 Å². The Morgan fingerprint density at radius 1 is 0.891 bits per heavy atom. The monoisotopic (exact) mass is 915 g/mol. The summed E-state index contributed by atoms with van der Waals surface area (Å²) in [5.74, 6) is -0.180. The van der Waals surface area contributed by atoms with E-state index in [0.717, 1.165) is 22.3 Å². The van der Waals surface area contributed by atoms with E-state index in [-0.39, 0.29) is 29.1 Å². The number of benzene rings is 4. The molecule has 12 nitrogen and oxygen atoms in total. The summed E-state index contributed by atoms with van der Waals surface area (Å²) in [6, 6.07) is 36.6. The van der Waals surface area contributed by atoms with Crippen molar-refractivity contribution in [3.05, 3.63) is 172 Å². The molecule has 64 heavy (non-hydrogen) atoms. The van der Waals surface area contributed by atoms with Gasteiger partial charge in [0.15, 0.2) is 10.8 Å². The number of nitrogens with zero attached hydrogens (tertiary/aromatic N) is 3. The van der Waals surface area contributed by atoms with Gasteiger partial charge < -0.3 is 29.4 Å². The Balaban J connectivity index is 1.16. The number of ether oxygens (including phenoxy) is 2. The van der Waals surface area contributed by atoms with Crippen LogP contribution < -0.4 is 15.4 Å². The molecule has 0 spiro atoms. The number of esters is 1. The smallest absolute Gasteiger partial charge is 0.355 e. The minimum atomic E-state index is -1.66. The van der Waals surface area contributed by atoms with Gasteiger partial charge in [-0.3, -0.25) is 14.5 Å². The number of oxime groups is 1. The summed E-state index contributed by atoms with van der Waals surface area (Å²) < 4.78 is 17.6. The second-order valence-corrected chi connectivity index (χ2v) is 21.0. The van der Waals surface area contributed by atoms with E-state index in [4.69, 9.17) is 23.7 Å². The van der Waals surface area contributed by atoms with Crippen LogP contribution in [-0.4, -0.2) is 73.8 Å². The first-order valence-corrected chi connectivity index (χ1v) is 25.7. The van der Waals surface area contributed by atoms with Crippen LogP contribution in [0.1, 0.15) is 55.1 Å². The van der Waals surface area contributed by atoms with E-state index in [1.807, 2.05) is 72.8 Å². The number of hydrogen-bond donors (Lipinski definition) is 2. The number of rotatable bonds is 17. The van der Waals surface area contributed by atoms with Gasteiger partial charge in [-0.05, 0) is 65.4 Å². The standard InChI is InChI=1S/C49H53N5O7S2Si/c1-48(2,3)28-27-39(61-64(6)7)37-30-62-45-41(44(56)54(45)42(37)46(57)60-29-32-23-25-36(58-4)26-24-32)51-43(55)40(53-59-5)38-31-63-47(50-38)52-49(33-17-11-8-12-18-33,34-19-13-9-14-20-34)35-21-15-10-16-22-35/h8-27,31,41,45,64H,28-30H2,1-7H3,(H,50,52)(H,51,55)/b39-27-,53-40-/t41?,45-/m1/s1. The maximum absolute atomic E-state index is 14.3. The Bertz CT molecular complexity index is 2430. The second-order valence-electron chi connectivity index (χ2n) is 16.7. The SMILES string of the molecule is CO/N=C(\C(=O)NC1C(=O)N2C(C(=O)OCc3ccc(OC)cc3)=C(/C(=C/CC(C)(C)C)O[SiH](C)C)CS[C@H]12)c1csc(NC(c2ccccc2)(c2ccccc2)c2ccccc2)n1. The molecule has 1 aromatic heterocycles. The van der Waals surface area contributed by atoms with Gasteiger partial charge in [-0.1, -0.05) is 129 Å². The van der Waals surface area contributed by atoms with Gasteiger partial charge in [0.1, 0.15) is 53.6 Å². The zero-order valence-electron chi connectivity index (χ0n) is 37.0. The van der Waals surface area contributed by atoms with E-state index in [9.17, 15) is 14.4 Å². The van der Waals surface area contributed by atoms with Gasteiger partial charge >= 0.3 is 5.97 Å². The van der Waals surface area contributed by atoms with Crippen molar-refractivity contribution in [1.29, 1.82) is 0 Å². The fourth-order valence-corrected chi connectivity index (χ4v) is 10.4. The van der Waals surface area contributed by atoms with Gasteiger partial charge in [-0.25, -0.2) is 9.78 Å². The van der Waals surface area contributed by atoms with Crippen LogP contribution in [0.2, 0.25) is 13.1 Å². The molecule has 0 bridgehead atoms. The summed E-state index contributed by atoms with van der Waals surface area (Å²) in [6.45, 7) is 10.5. The predicted octanol–water partition coefficient (Wildman–Crippen LogP) is 8.62. The largest absolute Gasteiger partial charge is 0.547 e. The molecule has 3 heterocycles. The zero-order chi connectivity index (χ0) is 45.4. The van der Waals surface area contributed by atoms with Crippen molar-refractivity contribution >= 4 is 60.8 Å². The molecule has 1 unspecified atom stereocenters. The number of thiazole rings is 1. The Morgan fingerprint density at radius 3 is 2.02 bits per heavy atom. The Kier molecular flexibility index (Phi) is 14.4. The van der Waals surface area contributed by atoms with E-state index in [2.05, 4.69) is 86.1 Å². The number of thioether (sulfide) groups is 1. The third-order valence-corrected chi connectivity index (χ3v) is 13.4. The summed E-state index contributed by atoms with van der Waals surface area (Å²) in [7, 11) is 1.27. The lowest BCUT2D eigenvalue weighted by atomic mass is 9.77. The van der Waals surface area contributed by atoms with Crippen molar-refractivity contribution in [1.82, 2.24) is 15.2 Å². The van der Waals surface area contributed by atoms with Crippen LogP contribution in [-0.2, 0) is 40.5 Å². The zero-order valence-corrected chi connectivity index (χ0v) is 39.8. The van der Waals surface area contributed by atoms with Crippen molar-refractivity contribution in [2.45, 2.75) is 63.8 Å². The first kappa shape index (κ1) is 45.8. The van der Waals surface area contributed by atoms with E-state index in [1.54, 1.807) is 24.6 Å². The van der Waals surface area contributed by atoms with Crippen molar-refractivity contribution in [2.75, 3.05) is 25.3 Å². The molecule has 2 aliphatic heterocycles. The number of anilines is 1. The molecule has 332 valence electrons. The molecule has 1 saturated heterocycles. The highest BCUT2D eigenvalue weighted by Crippen LogP contribution is 2.44. The van der Waals surface area contributed by atoms with E-state index in [0.29, 0.717) is 34.4 Å². The number of carbonyl (C=O) groups is 3. The molecule has 2 aliphatic rings. The minimum Gasteiger partial charge on any atom is -0.547 e. The summed E-state index contributed by atoms with van der Waals surface area (Å²) >= 11 is 2.75. The lowest BCUT2D eigenvalue weighted by Crippen LogP contribution is -2.71. The number of hydrogen-bond acceptors (Lipinski definition) is 12. The van der Waals surface area contributed by atoms with Gasteiger partial charge in [0.05, 0.1) is 7.11 Å².